The van der Waals surface area contributed by atoms with Crippen molar-refractivity contribution in [1.29, 1.82) is 0 Å². The lowest BCUT2D eigenvalue weighted by atomic mass is 9.81. The normalized spacial score (nSPS) is 17.7. The van der Waals surface area contributed by atoms with Gasteiger partial charge in [0, 0.05) is 52.6 Å². The van der Waals surface area contributed by atoms with E-state index in [1.165, 1.54) is 13.0 Å². The van der Waals surface area contributed by atoms with E-state index >= 15 is 0 Å². The second-order valence-electron chi connectivity index (χ2n) is 9.16. The molecule has 1 fully saturated rings. The number of aromatic nitrogens is 2. The molecule has 1 saturated heterocycles. The summed E-state index contributed by atoms with van der Waals surface area (Å²) in [6.45, 7) is 1.97. The zero-order valence-corrected chi connectivity index (χ0v) is 21.9. The Morgan fingerprint density at radius 3 is 2.68 bits per heavy atom. The molecule has 1 aliphatic rings. The number of ether oxygens (including phenoxy) is 1. The minimum absolute atomic E-state index is 0.105. The number of aliphatic hydroxyl groups excluding tert-OH is 1. The molecule has 3 N–H and O–H groups in total. The van der Waals surface area contributed by atoms with Crippen LogP contribution < -0.4 is 10.6 Å². The number of benzene rings is 1. The number of amides is 1. The molecule has 192 valence electrons. The maximum Gasteiger partial charge on any atom is 0.222 e. The fourth-order valence-corrected chi connectivity index (χ4v) is 6.06. The van der Waals surface area contributed by atoms with Crippen LogP contribution in [0.15, 0.2) is 59.8 Å². The smallest absolute Gasteiger partial charge is 0.222 e. The number of nitrogens with one attached hydrogen (secondary N) is 2. The van der Waals surface area contributed by atoms with Gasteiger partial charge in [-0.25, -0.2) is 18.4 Å². The third-order valence-electron chi connectivity index (χ3n) is 6.36. The number of hydrogen-bond acceptors (Lipinski definition) is 9. The molecule has 1 amide bonds. The molecule has 4 heterocycles. The van der Waals surface area contributed by atoms with Crippen molar-refractivity contribution in [2.75, 3.05) is 36.7 Å². The number of fused-ring (bicyclic) bond motifs is 1. The van der Waals surface area contributed by atoms with E-state index in [2.05, 4.69) is 26.7 Å². The van der Waals surface area contributed by atoms with Gasteiger partial charge in [0.25, 0.3) is 0 Å². The van der Waals surface area contributed by atoms with Crippen molar-refractivity contribution in [1.82, 2.24) is 9.97 Å². The summed E-state index contributed by atoms with van der Waals surface area (Å²) in [5.41, 5.74) is 1.27. The summed E-state index contributed by atoms with van der Waals surface area (Å²) in [6.07, 6.45) is 3.33. The van der Waals surface area contributed by atoms with Crippen molar-refractivity contribution in [2.24, 2.45) is 0 Å². The highest BCUT2D eigenvalue weighted by molar-refractivity contribution is 7.90. The fraction of sp³-hybridized carbons (Fsp3) is 0.269. The number of carbonyl (C=O) groups is 1. The Bertz CT molecular complexity index is 1560. The lowest BCUT2D eigenvalue weighted by Gasteiger charge is -2.26. The van der Waals surface area contributed by atoms with E-state index in [1.54, 1.807) is 29.7 Å². The van der Waals surface area contributed by atoms with Gasteiger partial charge in [0.05, 0.1) is 18.9 Å². The average Bonchev–Trinajstić information content (AvgIpc) is 3.51. The van der Waals surface area contributed by atoms with E-state index in [9.17, 15) is 18.3 Å². The summed E-state index contributed by atoms with van der Waals surface area (Å²) in [5, 5.41) is 17.1. The lowest BCUT2D eigenvalue weighted by molar-refractivity contribution is -0.114. The fourth-order valence-electron chi connectivity index (χ4n) is 4.37. The Balaban J connectivity index is 1.64. The Hall–Kier alpha value is -3.38. The monoisotopic (exact) mass is 538 g/mol. The molecule has 37 heavy (non-hydrogen) atoms. The molecular weight excluding hydrogens is 512 g/mol. The minimum Gasteiger partial charge on any atom is -0.395 e. The van der Waals surface area contributed by atoms with Gasteiger partial charge in [-0.2, -0.15) is 0 Å². The lowest BCUT2D eigenvalue weighted by Crippen LogP contribution is -2.31. The molecule has 1 unspecified atom stereocenters. The second-order valence-corrected chi connectivity index (χ2v) is 12.2. The van der Waals surface area contributed by atoms with Crippen molar-refractivity contribution in [3.05, 3.63) is 60.3 Å². The second kappa shape index (κ2) is 9.82. The topological polar surface area (TPSA) is 131 Å². The Morgan fingerprint density at radius 1 is 1.19 bits per heavy atom. The highest BCUT2D eigenvalue weighted by Gasteiger charge is 2.37. The van der Waals surface area contributed by atoms with Gasteiger partial charge in [0.2, 0.25) is 5.91 Å². The van der Waals surface area contributed by atoms with Crippen molar-refractivity contribution in [3.63, 3.8) is 0 Å². The Kier molecular flexibility index (Phi) is 6.71. The predicted molar refractivity (Wildman–Crippen MR) is 144 cm³/mol. The van der Waals surface area contributed by atoms with Crippen LogP contribution in [0.5, 0.6) is 0 Å². The van der Waals surface area contributed by atoms with E-state index in [4.69, 9.17) is 4.74 Å². The average molecular weight is 539 g/mol. The quantitative estimate of drug-likeness (QED) is 0.320. The SMILES string of the molecule is CC(=O)Nc1cc(Nc2cc(C3(CO)CCOC3)cc(S(C)(=O)=O)n2)c(-c2cc3ccccc3s2)cn1. The molecule has 1 aliphatic heterocycles. The zero-order valence-electron chi connectivity index (χ0n) is 20.3. The molecule has 0 spiro atoms. The Labute approximate surface area is 218 Å². The molecule has 0 radical (unpaired) electrons. The van der Waals surface area contributed by atoms with E-state index in [-0.39, 0.29) is 24.1 Å². The van der Waals surface area contributed by atoms with Gasteiger partial charge in [0.1, 0.15) is 11.6 Å². The molecule has 3 aromatic heterocycles. The van der Waals surface area contributed by atoms with Crippen LogP contribution in [0.2, 0.25) is 0 Å². The number of thiophene rings is 1. The van der Waals surface area contributed by atoms with E-state index in [0.29, 0.717) is 35.9 Å². The largest absolute Gasteiger partial charge is 0.395 e. The number of rotatable bonds is 7. The van der Waals surface area contributed by atoms with E-state index in [0.717, 1.165) is 26.8 Å². The van der Waals surface area contributed by atoms with Crippen LogP contribution in [-0.2, 0) is 24.8 Å². The number of pyridine rings is 2. The van der Waals surface area contributed by atoms with Crippen LogP contribution in [0.3, 0.4) is 0 Å². The van der Waals surface area contributed by atoms with Crippen LogP contribution in [0.4, 0.5) is 17.3 Å². The first-order chi connectivity index (χ1) is 17.7. The van der Waals surface area contributed by atoms with Crippen LogP contribution in [0, 0.1) is 0 Å². The maximum absolute atomic E-state index is 12.5. The third-order valence-corrected chi connectivity index (χ3v) is 8.48. The zero-order chi connectivity index (χ0) is 26.2. The number of hydrogen-bond donors (Lipinski definition) is 3. The number of sulfone groups is 1. The summed E-state index contributed by atoms with van der Waals surface area (Å²) in [7, 11) is -3.65. The first-order valence-electron chi connectivity index (χ1n) is 11.6. The number of nitrogens with zero attached hydrogens (tertiary/aromatic N) is 2. The number of aliphatic hydroxyl groups is 1. The molecule has 5 rings (SSSR count). The van der Waals surface area contributed by atoms with E-state index < -0.39 is 15.3 Å². The van der Waals surface area contributed by atoms with Crippen molar-refractivity contribution < 1.29 is 23.1 Å². The van der Waals surface area contributed by atoms with Crippen LogP contribution in [0.1, 0.15) is 18.9 Å². The maximum atomic E-state index is 12.5. The van der Waals surface area contributed by atoms with Gasteiger partial charge in [-0.3, -0.25) is 4.79 Å². The summed E-state index contributed by atoms with van der Waals surface area (Å²) >= 11 is 1.60. The predicted octanol–water partition coefficient (Wildman–Crippen LogP) is 4.11. The van der Waals surface area contributed by atoms with Crippen molar-refractivity contribution >= 4 is 54.5 Å². The van der Waals surface area contributed by atoms with Gasteiger partial charge in [-0.1, -0.05) is 18.2 Å². The molecule has 0 saturated carbocycles. The first-order valence-corrected chi connectivity index (χ1v) is 14.3. The van der Waals surface area contributed by atoms with Crippen LogP contribution in [-0.4, -0.2) is 55.5 Å². The molecule has 9 nitrogen and oxygen atoms in total. The number of carbonyl (C=O) groups excluding carboxylic acids is 1. The molecule has 1 aromatic carbocycles. The summed E-state index contributed by atoms with van der Waals surface area (Å²) in [5.74, 6) is 0.369. The summed E-state index contributed by atoms with van der Waals surface area (Å²) < 4.78 is 31.7. The summed E-state index contributed by atoms with van der Waals surface area (Å²) in [4.78, 5) is 21.4. The molecular formula is C26H26N4O5S2. The van der Waals surface area contributed by atoms with Gasteiger partial charge in [-0.15, -0.1) is 11.3 Å². The molecule has 0 bridgehead atoms. The van der Waals surface area contributed by atoms with E-state index in [1.807, 2.05) is 24.3 Å². The highest BCUT2D eigenvalue weighted by atomic mass is 32.2. The third kappa shape index (κ3) is 5.21. The molecule has 11 heteroatoms. The van der Waals surface area contributed by atoms with Gasteiger partial charge in [-0.05, 0) is 41.6 Å². The standard InChI is InChI=1S/C26H26N4O5S2/c1-16(32)28-23-12-20(19(13-27-23)22-9-17-5-3-4-6-21(17)36-22)29-24-10-18(11-25(30-24)37(2,33)34)26(14-31)7-8-35-15-26/h3-6,9-13,31H,7-8,14-15H2,1-2H3,(H2,27,28,29,30,32). The van der Waals surface area contributed by atoms with Gasteiger partial charge < -0.3 is 20.5 Å². The van der Waals surface area contributed by atoms with Crippen molar-refractivity contribution in [3.8, 4) is 10.4 Å². The van der Waals surface area contributed by atoms with Crippen LogP contribution >= 0.6 is 11.3 Å². The highest BCUT2D eigenvalue weighted by Crippen LogP contribution is 2.40. The van der Waals surface area contributed by atoms with Gasteiger partial charge >= 0.3 is 0 Å². The van der Waals surface area contributed by atoms with Crippen molar-refractivity contribution in [2.45, 2.75) is 23.8 Å². The minimum atomic E-state index is -3.65. The first kappa shape index (κ1) is 25.3. The Morgan fingerprint density at radius 2 is 2.00 bits per heavy atom. The number of anilines is 3. The van der Waals surface area contributed by atoms with Crippen LogP contribution in [0.25, 0.3) is 20.5 Å². The van der Waals surface area contributed by atoms with Gasteiger partial charge in [0.15, 0.2) is 14.9 Å². The molecule has 0 aliphatic carbocycles. The summed E-state index contributed by atoms with van der Waals surface area (Å²) in [6, 6.07) is 15.0. The molecule has 4 aromatic rings. The molecule has 1 atom stereocenters.